The highest BCUT2D eigenvalue weighted by molar-refractivity contribution is 9.11. The molecule has 0 bridgehead atoms. The van der Waals surface area contributed by atoms with Gasteiger partial charge in [0.05, 0.1) is 11.5 Å². The van der Waals surface area contributed by atoms with Crippen molar-refractivity contribution in [1.29, 1.82) is 0 Å². The van der Waals surface area contributed by atoms with Crippen LogP contribution in [-0.4, -0.2) is 27.7 Å². The summed E-state index contributed by atoms with van der Waals surface area (Å²) in [5.41, 5.74) is 0. The van der Waals surface area contributed by atoms with Crippen LogP contribution in [0.1, 0.15) is 6.42 Å². The first-order chi connectivity index (χ1) is 7.99. The number of ether oxygens (including phenoxy) is 1. The van der Waals surface area contributed by atoms with Gasteiger partial charge in [0.15, 0.2) is 0 Å². The minimum absolute atomic E-state index is 0.133. The predicted octanol–water partition coefficient (Wildman–Crippen LogP) is 2.28. The number of hydrogen-bond donors (Lipinski definition) is 1. The van der Waals surface area contributed by atoms with E-state index in [0.717, 1.165) is 4.47 Å². The zero-order valence-electron chi connectivity index (χ0n) is 8.82. The first-order valence-corrected chi connectivity index (χ1v) is 8.11. The lowest BCUT2D eigenvalue weighted by Gasteiger charge is -2.12. The smallest absolute Gasteiger partial charge is 0.242 e. The van der Waals surface area contributed by atoms with Gasteiger partial charge in [0.1, 0.15) is 0 Å². The van der Waals surface area contributed by atoms with E-state index in [4.69, 9.17) is 4.74 Å². The van der Waals surface area contributed by atoms with Crippen LogP contribution in [0.3, 0.4) is 0 Å². The topological polar surface area (TPSA) is 55.4 Å². The molecule has 1 N–H and O–H groups in total. The minimum Gasteiger partial charge on any atom is -0.380 e. The predicted molar refractivity (Wildman–Crippen MR) is 71.4 cm³/mol. The molecule has 1 heterocycles. The molecule has 1 aromatic rings. The molecule has 7 heteroatoms. The average Bonchev–Trinajstić information content (AvgIpc) is 2.73. The number of rotatable bonds is 3. The highest BCUT2D eigenvalue weighted by atomic mass is 79.9. The second kappa shape index (κ2) is 5.36. The van der Waals surface area contributed by atoms with Crippen LogP contribution in [-0.2, 0) is 14.8 Å². The van der Waals surface area contributed by atoms with Crippen LogP contribution in [0.15, 0.2) is 32.0 Å². The molecule has 0 radical (unpaired) electrons. The molecule has 0 saturated carbocycles. The van der Waals surface area contributed by atoms with Crippen molar-refractivity contribution in [1.82, 2.24) is 4.72 Å². The Morgan fingerprint density at radius 2 is 2.12 bits per heavy atom. The molecule has 1 fully saturated rings. The fraction of sp³-hybridized carbons (Fsp3) is 0.400. The van der Waals surface area contributed by atoms with Crippen LogP contribution < -0.4 is 4.72 Å². The zero-order valence-corrected chi connectivity index (χ0v) is 12.8. The third-order valence-electron chi connectivity index (χ3n) is 2.43. The quantitative estimate of drug-likeness (QED) is 0.869. The number of sulfonamides is 1. The summed E-state index contributed by atoms with van der Waals surface area (Å²) in [6.45, 7) is 1.04. The van der Waals surface area contributed by atoms with Crippen LogP contribution in [0, 0.1) is 0 Å². The van der Waals surface area contributed by atoms with Crippen molar-refractivity contribution in [3.63, 3.8) is 0 Å². The van der Waals surface area contributed by atoms with Gasteiger partial charge in [0, 0.05) is 21.6 Å². The van der Waals surface area contributed by atoms with Crippen molar-refractivity contribution < 1.29 is 13.2 Å². The molecule has 1 saturated heterocycles. The largest absolute Gasteiger partial charge is 0.380 e. The van der Waals surface area contributed by atoms with Gasteiger partial charge in [-0.15, -0.1) is 0 Å². The van der Waals surface area contributed by atoms with Gasteiger partial charge in [0.2, 0.25) is 10.0 Å². The first kappa shape index (κ1) is 13.5. The Labute approximate surface area is 117 Å². The van der Waals surface area contributed by atoms with Crippen LogP contribution in [0.5, 0.6) is 0 Å². The van der Waals surface area contributed by atoms with Crippen molar-refractivity contribution in [2.24, 2.45) is 0 Å². The van der Waals surface area contributed by atoms with E-state index in [1.807, 2.05) is 0 Å². The molecule has 1 atom stereocenters. The van der Waals surface area contributed by atoms with Gasteiger partial charge in [-0.05, 0) is 40.5 Å². The Hall–Kier alpha value is 0.0500. The number of hydrogen-bond acceptors (Lipinski definition) is 3. The normalized spacial score (nSPS) is 20.7. The van der Waals surface area contributed by atoms with E-state index in [1.54, 1.807) is 18.2 Å². The fourth-order valence-corrected chi connectivity index (χ4v) is 4.35. The standard InChI is InChI=1S/C10H11Br2NO3S/c11-7-1-2-9(12)10(5-7)17(14,15)13-8-3-4-16-6-8/h1-2,5,8,13H,3-4,6H2. The second-order valence-electron chi connectivity index (χ2n) is 3.76. The third-order valence-corrected chi connectivity index (χ3v) is 5.44. The summed E-state index contributed by atoms with van der Waals surface area (Å²) in [5, 5.41) is 0. The van der Waals surface area contributed by atoms with Gasteiger partial charge in [-0.25, -0.2) is 13.1 Å². The summed E-state index contributed by atoms with van der Waals surface area (Å²) in [4.78, 5) is 0.235. The van der Waals surface area contributed by atoms with E-state index in [1.165, 1.54) is 0 Å². The summed E-state index contributed by atoms with van der Waals surface area (Å²) in [5.74, 6) is 0. The van der Waals surface area contributed by atoms with Crippen molar-refractivity contribution in [3.05, 3.63) is 27.1 Å². The van der Waals surface area contributed by atoms with Crippen LogP contribution >= 0.6 is 31.9 Å². The van der Waals surface area contributed by atoms with Crippen molar-refractivity contribution in [2.45, 2.75) is 17.4 Å². The van der Waals surface area contributed by atoms with Gasteiger partial charge in [-0.3, -0.25) is 0 Å². The molecule has 0 aromatic heterocycles. The lowest BCUT2D eigenvalue weighted by Crippen LogP contribution is -2.35. The molecule has 1 aromatic carbocycles. The molecule has 17 heavy (non-hydrogen) atoms. The van der Waals surface area contributed by atoms with Crippen LogP contribution in [0.2, 0.25) is 0 Å². The van der Waals surface area contributed by atoms with Crippen LogP contribution in [0.4, 0.5) is 0 Å². The van der Waals surface area contributed by atoms with Gasteiger partial charge in [0.25, 0.3) is 0 Å². The molecule has 0 amide bonds. The SMILES string of the molecule is O=S(=O)(NC1CCOC1)c1cc(Br)ccc1Br. The Balaban J connectivity index is 2.27. The van der Waals surface area contributed by atoms with E-state index in [0.29, 0.717) is 24.1 Å². The summed E-state index contributed by atoms with van der Waals surface area (Å²) < 4.78 is 33.3. The molecule has 1 aliphatic rings. The first-order valence-electron chi connectivity index (χ1n) is 5.04. The Bertz CT molecular complexity index is 512. The minimum atomic E-state index is -3.50. The summed E-state index contributed by atoms with van der Waals surface area (Å²) in [6.07, 6.45) is 0.713. The monoisotopic (exact) mass is 383 g/mol. The summed E-state index contributed by atoms with van der Waals surface area (Å²) in [7, 11) is -3.50. The van der Waals surface area contributed by atoms with Gasteiger partial charge in [-0.2, -0.15) is 0 Å². The highest BCUT2D eigenvalue weighted by Gasteiger charge is 2.25. The number of benzene rings is 1. The highest BCUT2D eigenvalue weighted by Crippen LogP contribution is 2.26. The number of halogens is 2. The van der Waals surface area contributed by atoms with E-state index in [2.05, 4.69) is 36.6 Å². The van der Waals surface area contributed by atoms with E-state index in [-0.39, 0.29) is 10.9 Å². The molecule has 2 rings (SSSR count). The van der Waals surface area contributed by atoms with E-state index in [9.17, 15) is 8.42 Å². The molecular formula is C10H11Br2NO3S. The summed E-state index contributed by atoms with van der Waals surface area (Å²) >= 11 is 6.51. The van der Waals surface area contributed by atoms with Gasteiger partial charge >= 0.3 is 0 Å². The van der Waals surface area contributed by atoms with Gasteiger partial charge < -0.3 is 4.74 Å². The molecule has 94 valence electrons. The molecule has 0 spiro atoms. The maximum Gasteiger partial charge on any atom is 0.242 e. The molecule has 4 nitrogen and oxygen atoms in total. The van der Waals surface area contributed by atoms with E-state index < -0.39 is 10.0 Å². The lowest BCUT2D eigenvalue weighted by atomic mass is 10.3. The van der Waals surface area contributed by atoms with Crippen molar-refractivity contribution in [2.75, 3.05) is 13.2 Å². The van der Waals surface area contributed by atoms with E-state index >= 15 is 0 Å². The van der Waals surface area contributed by atoms with Gasteiger partial charge in [-0.1, -0.05) is 15.9 Å². The van der Waals surface area contributed by atoms with Crippen LogP contribution in [0.25, 0.3) is 0 Å². The maximum atomic E-state index is 12.1. The molecule has 1 aliphatic heterocycles. The summed E-state index contributed by atoms with van der Waals surface area (Å²) in [6, 6.07) is 4.92. The zero-order chi connectivity index (χ0) is 12.5. The third kappa shape index (κ3) is 3.29. The maximum absolute atomic E-state index is 12.1. The Morgan fingerprint density at radius 3 is 2.76 bits per heavy atom. The molecular weight excluding hydrogens is 374 g/mol. The van der Waals surface area contributed by atoms with Crippen molar-refractivity contribution >= 4 is 41.9 Å². The second-order valence-corrected chi connectivity index (χ2v) is 7.21. The van der Waals surface area contributed by atoms with Crippen molar-refractivity contribution in [3.8, 4) is 0 Å². The lowest BCUT2D eigenvalue weighted by molar-refractivity contribution is 0.192. The average molecular weight is 385 g/mol. The Morgan fingerprint density at radius 1 is 1.35 bits per heavy atom. The molecule has 0 aliphatic carbocycles. The molecule has 1 unspecified atom stereocenters. The Kier molecular flexibility index (Phi) is 4.25. The fourth-order valence-electron chi connectivity index (χ4n) is 1.59. The number of nitrogens with one attached hydrogen (secondary N) is 1.